The maximum Gasteiger partial charge on any atom is 0.326 e. The van der Waals surface area contributed by atoms with E-state index in [0.717, 1.165) is 16.5 Å². The van der Waals surface area contributed by atoms with Crippen molar-refractivity contribution in [2.24, 2.45) is 0 Å². The van der Waals surface area contributed by atoms with E-state index in [1.54, 1.807) is 30.2 Å². The van der Waals surface area contributed by atoms with Gasteiger partial charge in [-0.2, -0.15) is 10.1 Å². The zero-order chi connectivity index (χ0) is 31.5. The fourth-order valence-corrected chi connectivity index (χ4v) is 4.88. The molecule has 2 unspecified atom stereocenters. The zero-order valence-corrected chi connectivity index (χ0v) is 25.7. The third kappa shape index (κ3) is 6.71. The third-order valence-corrected chi connectivity index (χ3v) is 7.20. The maximum absolute atomic E-state index is 13.0. The Balaban J connectivity index is 1.46. The number of aliphatic hydroxyl groups is 1. The summed E-state index contributed by atoms with van der Waals surface area (Å²) < 4.78 is 18.6. The summed E-state index contributed by atoms with van der Waals surface area (Å²) in [5.41, 5.74) is 1.55. The molecule has 12 heteroatoms. The van der Waals surface area contributed by atoms with Crippen LogP contribution in [0.2, 0.25) is 0 Å². The Morgan fingerprint density at radius 1 is 1.14 bits per heavy atom. The van der Waals surface area contributed by atoms with Crippen LogP contribution in [-0.2, 0) is 25.5 Å². The number of carbonyl (C=O) groups is 1. The van der Waals surface area contributed by atoms with Crippen molar-refractivity contribution in [2.75, 3.05) is 31.0 Å². The number of nitrogens with one attached hydrogen (secondary N) is 1. The van der Waals surface area contributed by atoms with Gasteiger partial charge < -0.3 is 24.6 Å². The average molecular weight is 600 g/mol. The molecular formula is C32H37N7O5. The summed E-state index contributed by atoms with van der Waals surface area (Å²) in [7, 11) is 3.02. The molecule has 0 aliphatic heterocycles. The van der Waals surface area contributed by atoms with Crippen LogP contribution in [0.4, 0.5) is 17.6 Å². The summed E-state index contributed by atoms with van der Waals surface area (Å²) in [5, 5.41) is 19.3. The number of aromatic nitrogens is 5. The molecule has 0 saturated carbocycles. The highest BCUT2D eigenvalue weighted by Crippen LogP contribution is 2.32. The van der Waals surface area contributed by atoms with E-state index in [1.807, 2.05) is 61.9 Å². The summed E-state index contributed by atoms with van der Waals surface area (Å²) >= 11 is 0. The Kier molecular flexibility index (Phi) is 8.66. The molecule has 12 nitrogen and oxygen atoms in total. The van der Waals surface area contributed by atoms with Gasteiger partial charge in [0.05, 0.1) is 25.4 Å². The molecule has 5 rings (SSSR count). The molecule has 230 valence electrons. The van der Waals surface area contributed by atoms with Crippen LogP contribution in [-0.4, -0.2) is 73.9 Å². The molecule has 0 fully saturated rings. The van der Waals surface area contributed by atoms with Crippen LogP contribution in [0.25, 0.3) is 10.9 Å². The van der Waals surface area contributed by atoms with Gasteiger partial charge in [-0.15, -0.1) is 0 Å². The van der Waals surface area contributed by atoms with E-state index < -0.39 is 23.3 Å². The van der Waals surface area contributed by atoms with Gasteiger partial charge >= 0.3 is 5.97 Å². The number of carbonyl (C=O) groups excluding carboxylic acids is 1. The topological polar surface area (TPSA) is 137 Å². The lowest BCUT2D eigenvalue weighted by Crippen LogP contribution is -2.45. The Labute approximate surface area is 256 Å². The molecule has 0 radical (unpaired) electrons. The molecular weight excluding hydrogens is 562 g/mol. The quantitative estimate of drug-likeness (QED) is 0.252. The Hall–Kier alpha value is -4.81. The fraction of sp³-hybridized carbons (Fsp3) is 0.344. The van der Waals surface area contributed by atoms with Gasteiger partial charge in [0.15, 0.2) is 5.60 Å². The van der Waals surface area contributed by atoms with Crippen LogP contribution in [0.5, 0.6) is 0 Å². The largest absolute Gasteiger partial charge is 0.498 e. The summed E-state index contributed by atoms with van der Waals surface area (Å²) in [4.78, 5) is 28.0. The number of rotatable bonds is 10. The normalized spacial score (nSPS) is 18.4. The number of fused-ring (bicyclic) bond motifs is 1. The zero-order valence-electron chi connectivity index (χ0n) is 25.7. The van der Waals surface area contributed by atoms with Crippen LogP contribution in [0, 0.1) is 0 Å². The number of hydrogen-bond donors (Lipinski definition) is 2. The van der Waals surface area contributed by atoms with Crippen molar-refractivity contribution in [3.63, 3.8) is 0 Å². The molecule has 0 amide bonds. The van der Waals surface area contributed by atoms with Crippen molar-refractivity contribution >= 4 is 34.5 Å². The standard InChI is InChI=1S/C32H37N7O5/c1-31(2,3)44-28(41)19-38(24-12-13-25-22(14-24)17-35-39(25)18-21-10-8-7-9-11-21)30-34-20-33-29(37-30)36-23-15-26(40)32(4,43-6)27(16-23)42-5/h7-17,20,26,40H,18-19H2,1-6H3,(H,33,34,36,37). The molecule has 2 heterocycles. The average Bonchev–Trinajstić information content (AvgIpc) is 3.39. The van der Waals surface area contributed by atoms with Gasteiger partial charge in [0.2, 0.25) is 11.9 Å². The smallest absolute Gasteiger partial charge is 0.326 e. The molecule has 4 aromatic rings. The molecule has 44 heavy (non-hydrogen) atoms. The molecule has 1 aliphatic carbocycles. The monoisotopic (exact) mass is 599 g/mol. The number of methoxy groups -OCH3 is 2. The highest BCUT2D eigenvalue weighted by molar-refractivity contribution is 5.86. The van der Waals surface area contributed by atoms with E-state index in [0.29, 0.717) is 23.7 Å². The summed E-state index contributed by atoms with van der Waals surface area (Å²) in [6.07, 6.45) is 5.45. The van der Waals surface area contributed by atoms with Crippen molar-refractivity contribution in [3.05, 3.63) is 90.2 Å². The number of ether oxygens (including phenoxy) is 3. The van der Waals surface area contributed by atoms with Gasteiger partial charge in [0.1, 0.15) is 30.3 Å². The number of anilines is 3. The van der Waals surface area contributed by atoms with E-state index >= 15 is 0 Å². The minimum absolute atomic E-state index is 0.147. The molecule has 2 aromatic carbocycles. The van der Waals surface area contributed by atoms with E-state index in [2.05, 4.69) is 37.5 Å². The lowest BCUT2D eigenvalue weighted by Gasteiger charge is -2.35. The van der Waals surface area contributed by atoms with Crippen LogP contribution in [0.3, 0.4) is 0 Å². The van der Waals surface area contributed by atoms with Gasteiger partial charge in [-0.3, -0.25) is 14.4 Å². The lowest BCUT2D eigenvalue weighted by molar-refractivity contribution is -0.152. The Morgan fingerprint density at radius 3 is 2.61 bits per heavy atom. The molecule has 2 aromatic heterocycles. The Morgan fingerprint density at radius 2 is 1.91 bits per heavy atom. The van der Waals surface area contributed by atoms with E-state index in [-0.39, 0.29) is 18.4 Å². The molecule has 0 bridgehead atoms. The first kappa shape index (κ1) is 30.6. The number of nitrogens with zero attached hydrogens (tertiary/aromatic N) is 6. The van der Waals surface area contributed by atoms with Gasteiger partial charge in [-0.05, 0) is 57.5 Å². The van der Waals surface area contributed by atoms with Crippen LogP contribution in [0.15, 0.2) is 84.7 Å². The minimum Gasteiger partial charge on any atom is -0.498 e. The van der Waals surface area contributed by atoms with Crippen LogP contribution in [0.1, 0.15) is 33.3 Å². The fourth-order valence-electron chi connectivity index (χ4n) is 4.88. The second kappa shape index (κ2) is 12.4. The SMILES string of the molecule is COC1=CC(Nc2ncnc(N(CC(=O)OC(C)(C)C)c3ccc4c(cnn4Cc4ccccc4)c3)n2)=CC(O)C1(C)OC. The van der Waals surface area contributed by atoms with E-state index in [1.165, 1.54) is 20.5 Å². The van der Waals surface area contributed by atoms with Gasteiger partial charge in [0.25, 0.3) is 0 Å². The van der Waals surface area contributed by atoms with Gasteiger partial charge in [-0.1, -0.05) is 30.3 Å². The number of hydrogen-bond acceptors (Lipinski definition) is 11. The van der Waals surface area contributed by atoms with Gasteiger partial charge in [-0.25, -0.2) is 9.97 Å². The first-order chi connectivity index (χ1) is 21.0. The third-order valence-electron chi connectivity index (χ3n) is 7.20. The van der Waals surface area contributed by atoms with E-state index in [4.69, 9.17) is 14.2 Å². The highest BCUT2D eigenvalue weighted by atomic mass is 16.6. The first-order valence-corrected chi connectivity index (χ1v) is 14.2. The summed E-state index contributed by atoms with van der Waals surface area (Å²) in [6, 6.07) is 15.9. The van der Waals surface area contributed by atoms with Crippen molar-refractivity contribution < 1.29 is 24.1 Å². The van der Waals surface area contributed by atoms with Crippen LogP contribution >= 0.6 is 0 Å². The summed E-state index contributed by atoms with van der Waals surface area (Å²) in [5.74, 6) is 0.405. The molecule has 1 aliphatic rings. The highest BCUT2D eigenvalue weighted by Gasteiger charge is 2.40. The Bertz CT molecular complexity index is 1700. The van der Waals surface area contributed by atoms with Gasteiger partial charge in [0, 0.05) is 30.0 Å². The number of benzene rings is 2. The molecule has 2 N–H and O–H groups in total. The molecule has 0 saturated heterocycles. The predicted molar refractivity (Wildman–Crippen MR) is 166 cm³/mol. The van der Waals surface area contributed by atoms with E-state index in [9.17, 15) is 9.90 Å². The van der Waals surface area contributed by atoms with Crippen molar-refractivity contribution in [2.45, 2.75) is 51.5 Å². The van der Waals surface area contributed by atoms with Crippen molar-refractivity contribution in [1.29, 1.82) is 0 Å². The second-order valence-corrected chi connectivity index (χ2v) is 11.5. The van der Waals surface area contributed by atoms with Crippen molar-refractivity contribution in [1.82, 2.24) is 24.7 Å². The first-order valence-electron chi connectivity index (χ1n) is 14.2. The number of aliphatic hydroxyl groups excluding tert-OH is 1. The van der Waals surface area contributed by atoms with Crippen molar-refractivity contribution in [3.8, 4) is 0 Å². The summed E-state index contributed by atoms with van der Waals surface area (Å²) in [6.45, 7) is 7.66. The number of allylic oxidation sites excluding steroid dienone is 1. The van der Waals surface area contributed by atoms with Crippen LogP contribution < -0.4 is 10.2 Å². The predicted octanol–water partition coefficient (Wildman–Crippen LogP) is 4.36. The second-order valence-electron chi connectivity index (χ2n) is 11.5. The maximum atomic E-state index is 13.0. The number of esters is 1. The molecule has 2 atom stereocenters. The minimum atomic E-state index is -1.04. The lowest BCUT2D eigenvalue weighted by atomic mass is 9.90. The molecule has 0 spiro atoms.